The van der Waals surface area contributed by atoms with E-state index in [0.29, 0.717) is 23.4 Å². The summed E-state index contributed by atoms with van der Waals surface area (Å²) in [5.74, 6) is -0.453. The van der Waals surface area contributed by atoms with Crippen molar-refractivity contribution in [3.8, 4) is 0 Å². The third kappa shape index (κ3) is 4.27. The molecule has 3 aromatic rings. The lowest BCUT2D eigenvalue weighted by atomic mass is 9.78. The maximum absolute atomic E-state index is 13.9. The second-order valence-electron chi connectivity index (χ2n) is 9.22. The van der Waals surface area contributed by atoms with Gasteiger partial charge in [0, 0.05) is 11.3 Å². The van der Waals surface area contributed by atoms with E-state index in [-0.39, 0.29) is 11.3 Å². The second-order valence-corrected chi connectivity index (χ2v) is 9.22. The number of nitrogens with zero attached hydrogens (tertiary/aromatic N) is 1. The van der Waals surface area contributed by atoms with Crippen LogP contribution >= 0.6 is 0 Å². The van der Waals surface area contributed by atoms with Crippen molar-refractivity contribution in [1.29, 1.82) is 0 Å². The largest absolute Gasteiger partial charge is 0.465 e. The van der Waals surface area contributed by atoms with Crippen molar-refractivity contribution >= 4 is 34.4 Å². The summed E-state index contributed by atoms with van der Waals surface area (Å²) < 4.78 is 4.85. The van der Waals surface area contributed by atoms with E-state index in [1.165, 1.54) is 7.11 Å². The Balaban J connectivity index is 1.85. The van der Waals surface area contributed by atoms with Gasteiger partial charge in [0.1, 0.15) is 0 Å². The van der Waals surface area contributed by atoms with Crippen molar-refractivity contribution in [2.24, 2.45) is 5.41 Å². The number of hydrogen-bond acceptors (Lipinski definition) is 4. The fraction of sp³-hybridized carbons (Fsp3) is 0.214. The minimum atomic E-state index is -0.399. The molecule has 5 heteroatoms. The predicted molar refractivity (Wildman–Crippen MR) is 133 cm³/mol. The minimum absolute atomic E-state index is 0.0542. The maximum Gasteiger partial charge on any atom is 0.337 e. The molecule has 0 bridgehead atoms. The first kappa shape index (κ1) is 22.3. The Morgan fingerprint density at radius 2 is 1.64 bits per heavy atom. The van der Waals surface area contributed by atoms with E-state index >= 15 is 0 Å². The van der Waals surface area contributed by atoms with Crippen molar-refractivity contribution < 1.29 is 14.3 Å². The van der Waals surface area contributed by atoms with Gasteiger partial charge >= 0.3 is 5.97 Å². The lowest BCUT2D eigenvalue weighted by molar-refractivity contribution is -0.113. The van der Waals surface area contributed by atoms with Gasteiger partial charge < -0.3 is 15.4 Å². The van der Waals surface area contributed by atoms with Gasteiger partial charge in [-0.3, -0.25) is 4.79 Å². The average molecular weight is 441 g/mol. The number of allylic oxidation sites excluding steroid dienone is 1. The highest BCUT2D eigenvalue weighted by Gasteiger charge is 2.37. The van der Waals surface area contributed by atoms with Gasteiger partial charge in [-0.2, -0.15) is 0 Å². The molecule has 0 radical (unpaired) electrons. The van der Waals surface area contributed by atoms with Crippen LogP contribution in [0, 0.1) is 5.41 Å². The van der Waals surface area contributed by atoms with Crippen LogP contribution in [-0.2, 0) is 16.1 Å². The third-order valence-corrected chi connectivity index (χ3v) is 5.81. The molecule has 3 aromatic carbocycles. The fourth-order valence-electron chi connectivity index (χ4n) is 4.38. The van der Waals surface area contributed by atoms with Crippen LogP contribution in [0.5, 0.6) is 0 Å². The van der Waals surface area contributed by atoms with E-state index in [1.807, 2.05) is 54.6 Å². The highest BCUT2D eigenvalue weighted by Crippen LogP contribution is 2.47. The van der Waals surface area contributed by atoms with E-state index in [2.05, 4.69) is 20.8 Å². The molecule has 1 heterocycles. The highest BCUT2D eigenvalue weighted by molar-refractivity contribution is 6.38. The molecule has 0 saturated carbocycles. The van der Waals surface area contributed by atoms with Crippen LogP contribution in [-0.4, -0.2) is 19.0 Å². The van der Waals surface area contributed by atoms with Crippen molar-refractivity contribution in [3.63, 3.8) is 0 Å². The lowest BCUT2D eigenvalue weighted by Crippen LogP contribution is -2.27. The Morgan fingerprint density at radius 1 is 0.939 bits per heavy atom. The first-order valence-electron chi connectivity index (χ1n) is 10.9. The number of anilines is 2. The number of carbonyl (C=O) groups is 2. The van der Waals surface area contributed by atoms with Crippen LogP contribution in [0.2, 0.25) is 0 Å². The van der Waals surface area contributed by atoms with Crippen LogP contribution in [0.25, 0.3) is 11.1 Å². The number of carbonyl (C=O) groups excluding carboxylic acids is 2. The van der Waals surface area contributed by atoms with Crippen molar-refractivity contribution in [2.75, 3.05) is 17.7 Å². The molecule has 0 atom stereocenters. The number of esters is 1. The van der Waals surface area contributed by atoms with E-state index in [4.69, 9.17) is 10.5 Å². The molecule has 0 unspecified atom stereocenters. The van der Waals surface area contributed by atoms with Crippen LogP contribution in [0.4, 0.5) is 11.4 Å². The van der Waals surface area contributed by atoms with Gasteiger partial charge in [-0.05, 0) is 52.4 Å². The highest BCUT2D eigenvalue weighted by atomic mass is 16.5. The number of methoxy groups -OCH3 is 1. The zero-order valence-corrected chi connectivity index (χ0v) is 19.4. The first-order valence-corrected chi connectivity index (χ1v) is 10.9. The molecule has 4 rings (SSSR count). The van der Waals surface area contributed by atoms with E-state index in [9.17, 15) is 9.59 Å². The summed E-state index contributed by atoms with van der Waals surface area (Å²) >= 11 is 0. The number of amides is 1. The molecule has 5 nitrogen and oxygen atoms in total. The van der Waals surface area contributed by atoms with Crippen LogP contribution in [0.15, 0.2) is 72.8 Å². The molecule has 33 heavy (non-hydrogen) atoms. The van der Waals surface area contributed by atoms with Crippen LogP contribution in [0.1, 0.15) is 47.8 Å². The first-order chi connectivity index (χ1) is 15.7. The monoisotopic (exact) mass is 440 g/mol. The van der Waals surface area contributed by atoms with Crippen LogP contribution < -0.4 is 10.6 Å². The quantitative estimate of drug-likeness (QED) is 0.328. The topological polar surface area (TPSA) is 72.6 Å². The molecule has 0 spiro atoms. The number of hydrogen-bond donors (Lipinski definition) is 1. The van der Waals surface area contributed by atoms with E-state index in [1.54, 1.807) is 23.1 Å². The molecule has 1 amide bonds. The maximum atomic E-state index is 13.9. The van der Waals surface area contributed by atoms with Crippen molar-refractivity contribution in [1.82, 2.24) is 0 Å². The van der Waals surface area contributed by atoms with E-state index in [0.717, 1.165) is 28.0 Å². The summed E-state index contributed by atoms with van der Waals surface area (Å²) in [6, 6.07) is 22.7. The van der Waals surface area contributed by atoms with Crippen molar-refractivity contribution in [3.05, 3.63) is 95.1 Å². The Hall–Kier alpha value is -3.86. The molecule has 168 valence electrons. The van der Waals surface area contributed by atoms with Gasteiger partial charge in [0.2, 0.25) is 0 Å². The average Bonchev–Trinajstić information content (AvgIpc) is 3.05. The van der Waals surface area contributed by atoms with E-state index < -0.39 is 5.97 Å². The van der Waals surface area contributed by atoms with Gasteiger partial charge in [-0.25, -0.2) is 4.79 Å². The summed E-state index contributed by atoms with van der Waals surface area (Å²) in [5.41, 5.74) is 12.1. The molecule has 0 aliphatic carbocycles. The zero-order valence-electron chi connectivity index (χ0n) is 19.4. The number of para-hydroxylation sites is 1. The summed E-state index contributed by atoms with van der Waals surface area (Å²) in [6.45, 7) is 6.70. The SMILES string of the molecule is COC(=O)c1cccc(CN2C(=O)C(=C(c3ccc(N)cc3)C(C)(C)C)c3ccccc32)c1. The number of rotatable bonds is 4. The van der Waals surface area contributed by atoms with Gasteiger partial charge in [0.25, 0.3) is 5.91 Å². The second kappa shape index (κ2) is 8.58. The molecule has 1 aliphatic heterocycles. The zero-order chi connectivity index (χ0) is 23.8. The molecule has 2 N–H and O–H groups in total. The smallest absolute Gasteiger partial charge is 0.337 e. The summed E-state index contributed by atoms with van der Waals surface area (Å²) in [4.78, 5) is 27.7. The molecule has 0 saturated heterocycles. The lowest BCUT2D eigenvalue weighted by Gasteiger charge is -2.26. The molecule has 0 aromatic heterocycles. The number of benzene rings is 3. The molecule has 1 aliphatic rings. The summed E-state index contributed by atoms with van der Waals surface area (Å²) in [7, 11) is 1.36. The van der Waals surface area contributed by atoms with Crippen molar-refractivity contribution in [2.45, 2.75) is 27.3 Å². The molecular formula is C28H28N2O3. The minimum Gasteiger partial charge on any atom is -0.465 e. The Labute approximate surface area is 194 Å². The van der Waals surface area contributed by atoms with Gasteiger partial charge in [0.05, 0.1) is 30.5 Å². The number of nitrogens with two attached hydrogens (primary N) is 1. The normalized spacial score (nSPS) is 14.8. The fourth-order valence-corrected chi connectivity index (χ4v) is 4.38. The summed E-state index contributed by atoms with van der Waals surface area (Å²) in [5, 5.41) is 0. The van der Waals surface area contributed by atoms with Gasteiger partial charge in [-0.1, -0.05) is 63.2 Å². The molecular weight excluding hydrogens is 412 g/mol. The Kier molecular flexibility index (Phi) is 5.81. The number of nitrogen functional groups attached to an aromatic ring is 1. The number of ether oxygens (including phenoxy) is 1. The molecule has 0 fully saturated rings. The Morgan fingerprint density at radius 3 is 2.30 bits per heavy atom. The van der Waals surface area contributed by atoms with Gasteiger partial charge in [0.15, 0.2) is 0 Å². The van der Waals surface area contributed by atoms with Crippen LogP contribution in [0.3, 0.4) is 0 Å². The van der Waals surface area contributed by atoms with Gasteiger partial charge in [-0.15, -0.1) is 0 Å². The number of fused-ring (bicyclic) bond motifs is 1. The Bertz CT molecular complexity index is 1250. The third-order valence-electron chi connectivity index (χ3n) is 5.81. The summed E-state index contributed by atoms with van der Waals surface area (Å²) in [6.07, 6.45) is 0. The predicted octanol–water partition coefficient (Wildman–Crippen LogP) is 5.56. The standard InChI is InChI=1S/C28H28N2O3/c1-28(2,3)25(19-12-14-21(29)15-13-19)24-22-10-5-6-11-23(22)30(26(24)31)17-18-8-7-9-20(16-18)27(32)33-4/h5-16H,17,29H2,1-4H3.